The number of rotatable bonds is 10. The van der Waals surface area contributed by atoms with Gasteiger partial charge in [-0.05, 0) is 24.6 Å². The van der Waals surface area contributed by atoms with Crippen molar-refractivity contribution in [3.8, 4) is 6.07 Å². The van der Waals surface area contributed by atoms with E-state index in [1.54, 1.807) is 42.5 Å². The molecule has 1 fully saturated rings. The molecule has 1 unspecified atom stereocenters. The second kappa shape index (κ2) is 11.1. The summed E-state index contributed by atoms with van der Waals surface area (Å²) in [4.78, 5) is 15.9. The second-order valence-corrected chi connectivity index (χ2v) is 10.3. The van der Waals surface area contributed by atoms with Crippen LogP contribution in [0.3, 0.4) is 0 Å². The largest absolute Gasteiger partial charge is 0.468 e. The molecular formula is C23H27N6O8P. The monoisotopic (exact) mass is 546 g/mol. The van der Waals surface area contributed by atoms with Crippen LogP contribution in [0.5, 0.6) is 0 Å². The normalized spacial score (nSPS) is 25.5. The first kappa shape index (κ1) is 27.6. The lowest BCUT2D eigenvalue weighted by molar-refractivity contribution is -0.142. The Morgan fingerprint density at radius 2 is 2.05 bits per heavy atom. The van der Waals surface area contributed by atoms with Gasteiger partial charge in [0.2, 0.25) is 5.60 Å². The van der Waals surface area contributed by atoms with Gasteiger partial charge in [-0.15, -0.1) is 0 Å². The molecule has 0 bridgehead atoms. The number of carbonyl (C=O) groups is 1. The molecule has 14 nitrogen and oxygen atoms in total. The molecule has 0 radical (unpaired) electrons. The number of nitrogen functional groups attached to an aromatic ring is 1. The number of aliphatic hydroxyl groups excluding tert-OH is 2. The van der Waals surface area contributed by atoms with Crippen LogP contribution in [0, 0.1) is 11.3 Å². The molecule has 15 heteroatoms. The summed E-state index contributed by atoms with van der Waals surface area (Å²) in [5, 5.41) is 38.2. The van der Waals surface area contributed by atoms with E-state index in [1.165, 1.54) is 17.8 Å². The molecule has 38 heavy (non-hydrogen) atoms. The van der Waals surface area contributed by atoms with Crippen LogP contribution in [0.15, 0.2) is 48.8 Å². The van der Waals surface area contributed by atoms with Gasteiger partial charge in [-0.2, -0.15) is 10.4 Å². The fourth-order valence-electron chi connectivity index (χ4n) is 3.97. The SMILES string of the molecule is COC(=O)[C@H](C)NP(=O)(OCc1ccccc1)OC[C@@]1(C#N)O[C@@H](c2ccc3c(N)ncnn23)[C@H](O)[C@@H]1O. The molecule has 3 aromatic rings. The lowest BCUT2D eigenvalue weighted by atomic mass is 9.96. The maximum Gasteiger partial charge on any atom is 0.406 e. The lowest BCUT2D eigenvalue weighted by Gasteiger charge is -2.28. The molecule has 0 aliphatic carbocycles. The van der Waals surface area contributed by atoms with Gasteiger partial charge in [0.25, 0.3) is 0 Å². The van der Waals surface area contributed by atoms with Crippen molar-refractivity contribution in [1.82, 2.24) is 19.7 Å². The number of esters is 1. The third-order valence-corrected chi connectivity index (χ3v) is 7.68. The van der Waals surface area contributed by atoms with Gasteiger partial charge in [0.05, 0.1) is 19.4 Å². The van der Waals surface area contributed by atoms with Gasteiger partial charge in [-0.25, -0.2) is 19.2 Å². The van der Waals surface area contributed by atoms with Crippen molar-refractivity contribution in [2.24, 2.45) is 0 Å². The minimum atomic E-state index is -4.30. The van der Waals surface area contributed by atoms with E-state index in [0.29, 0.717) is 16.8 Å². The smallest absolute Gasteiger partial charge is 0.406 e. The van der Waals surface area contributed by atoms with Crippen molar-refractivity contribution in [2.45, 2.75) is 43.5 Å². The number of ether oxygens (including phenoxy) is 2. The molecule has 202 valence electrons. The average Bonchev–Trinajstić information content (AvgIpc) is 3.47. The van der Waals surface area contributed by atoms with Crippen LogP contribution in [0.25, 0.3) is 5.52 Å². The fraction of sp³-hybridized carbons (Fsp3) is 0.391. The van der Waals surface area contributed by atoms with Gasteiger partial charge < -0.3 is 25.4 Å². The number of methoxy groups -OCH3 is 1. The van der Waals surface area contributed by atoms with Crippen LogP contribution in [0.1, 0.15) is 24.3 Å². The molecule has 1 aliphatic rings. The number of nitriles is 1. The van der Waals surface area contributed by atoms with Crippen molar-refractivity contribution in [1.29, 1.82) is 5.26 Å². The number of anilines is 1. The van der Waals surface area contributed by atoms with E-state index in [2.05, 4.69) is 19.9 Å². The van der Waals surface area contributed by atoms with Crippen molar-refractivity contribution in [2.75, 3.05) is 19.5 Å². The Labute approximate surface area is 217 Å². The molecule has 0 saturated carbocycles. The van der Waals surface area contributed by atoms with E-state index in [9.17, 15) is 24.8 Å². The Kier molecular flexibility index (Phi) is 8.10. The molecule has 4 rings (SSSR count). The number of nitrogens with one attached hydrogen (secondary N) is 1. The summed E-state index contributed by atoms with van der Waals surface area (Å²) in [6.07, 6.45) is -3.38. The summed E-state index contributed by atoms with van der Waals surface area (Å²) in [5.41, 5.74) is 5.09. The first-order chi connectivity index (χ1) is 18.1. The van der Waals surface area contributed by atoms with Crippen molar-refractivity contribution >= 4 is 25.1 Å². The Balaban J connectivity index is 1.57. The number of hydrogen-bond donors (Lipinski definition) is 4. The Morgan fingerprint density at radius 3 is 2.74 bits per heavy atom. The number of hydrogen-bond acceptors (Lipinski definition) is 12. The first-order valence-electron chi connectivity index (χ1n) is 11.4. The van der Waals surface area contributed by atoms with Crippen molar-refractivity contribution in [3.05, 3.63) is 60.0 Å². The summed E-state index contributed by atoms with van der Waals surface area (Å²) in [7, 11) is -3.14. The lowest BCUT2D eigenvalue weighted by Crippen LogP contribution is -2.46. The highest BCUT2D eigenvalue weighted by Gasteiger charge is 2.57. The molecule has 5 N–H and O–H groups in total. The molecular weight excluding hydrogens is 519 g/mol. The number of fused-ring (bicyclic) bond motifs is 1. The number of benzene rings is 1. The quantitative estimate of drug-likeness (QED) is 0.206. The number of carbonyl (C=O) groups excluding carboxylic acids is 1. The maximum absolute atomic E-state index is 13.6. The predicted octanol–water partition coefficient (Wildman–Crippen LogP) is 0.860. The zero-order chi connectivity index (χ0) is 27.5. The van der Waals surface area contributed by atoms with Gasteiger partial charge in [-0.3, -0.25) is 13.8 Å². The molecule has 1 aromatic carbocycles. The number of aromatic nitrogens is 3. The molecule has 2 aromatic heterocycles. The highest BCUT2D eigenvalue weighted by atomic mass is 31.2. The van der Waals surface area contributed by atoms with Crippen LogP contribution in [0.2, 0.25) is 0 Å². The Bertz CT molecular complexity index is 1380. The summed E-state index contributed by atoms with van der Waals surface area (Å²) < 4.78 is 36.6. The predicted molar refractivity (Wildman–Crippen MR) is 131 cm³/mol. The number of aliphatic hydroxyl groups is 2. The molecule has 1 saturated heterocycles. The summed E-state index contributed by atoms with van der Waals surface area (Å²) in [6, 6.07) is 12.6. The Morgan fingerprint density at radius 1 is 1.32 bits per heavy atom. The van der Waals surface area contributed by atoms with Gasteiger partial charge in [0.1, 0.15) is 48.9 Å². The summed E-state index contributed by atoms with van der Waals surface area (Å²) in [5.74, 6) is -0.558. The van der Waals surface area contributed by atoms with E-state index in [0.717, 1.165) is 7.11 Å². The van der Waals surface area contributed by atoms with E-state index in [-0.39, 0.29) is 12.4 Å². The van der Waals surface area contributed by atoms with Crippen LogP contribution in [-0.2, 0) is 34.5 Å². The third kappa shape index (κ3) is 5.40. The maximum atomic E-state index is 13.6. The van der Waals surface area contributed by atoms with E-state index in [4.69, 9.17) is 19.5 Å². The average molecular weight is 546 g/mol. The van der Waals surface area contributed by atoms with E-state index < -0.39 is 50.3 Å². The van der Waals surface area contributed by atoms with Crippen LogP contribution in [-0.4, -0.2) is 68.3 Å². The minimum absolute atomic E-state index is 0.162. The van der Waals surface area contributed by atoms with Crippen molar-refractivity contribution in [3.63, 3.8) is 0 Å². The number of nitrogens with two attached hydrogens (primary N) is 1. The molecule has 1 aliphatic heterocycles. The minimum Gasteiger partial charge on any atom is -0.468 e. The van der Waals surface area contributed by atoms with Gasteiger partial charge in [0, 0.05) is 0 Å². The second-order valence-electron chi connectivity index (χ2n) is 8.58. The zero-order valence-corrected chi connectivity index (χ0v) is 21.4. The number of nitrogens with zero attached hydrogens (tertiary/aromatic N) is 4. The van der Waals surface area contributed by atoms with Crippen molar-refractivity contribution < 1.29 is 38.1 Å². The van der Waals surface area contributed by atoms with E-state index in [1.807, 2.05) is 6.07 Å². The first-order valence-corrected chi connectivity index (χ1v) is 13.0. The Hall–Kier alpha value is -3.41. The van der Waals surface area contributed by atoms with Gasteiger partial charge >= 0.3 is 13.7 Å². The standard InChI is InChI=1S/C23H27N6O8P/c1-14(22(32)34-2)28-38(33,35-10-15-6-4-3-5-7-15)36-12-23(11-24)20(31)18(30)19(37-23)16-8-9-17-21(25)26-13-27-29(16)17/h3-9,13-14,18-20,30-31H,10,12H2,1-2H3,(H,28,33)(H2,25,26,27)/t14-,18-,19-,20-,23+,38?/m0/s1. The molecule has 0 spiro atoms. The van der Waals surface area contributed by atoms with Crippen LogP contribution < -0.4 is 10.8 Å². The highest BCUT2D eigenvalue weighted by molar-refractivity contribution is 7.51. The summed E-state index contributed by atoms with van der Waals surface area (Å²) >= 11 is 0. The molecule has 3 heterocycles. The van der Waals surface area contributed by atoms with Gasteiger partial charge in [0.15, 0.2) is 5.82 Å². The summed E-state index contributed by atoms with van der Waals surface area (Å²) in [6.45, 7) is 0.440. The molecule has 0 amide bonds. The van der Waals surface area contributed by atoms with E-state index >= 15 is 0 Å². The topological polar surface area (TPSA) is 204 Å². The van der Waals surface area contributed by atoms with Gasteiger partial charge in [-0.1, -0.05) is 30.3 Å². The fourth-order valence-corrected chi connectivity index (χ4v) is 5.45. The molecule has 6 atom stereocenters. The zero-order valence-electron chi connectivity index (χ0n) is 20.5. The third-order valence-electron chi connectivity index (χ3n) is 6.04. The van der Waals surface area contributed by atoms with Crippen LogP contribution >= 0.6 is 7.75 Å². The van der Waals surface area contributed by atoms with Crippen LogP contribution in [0.4, 0.5) is 5.82 Å². The highest BCUT2D eigenvalue weighted by Crippen LogP contribution is 2.49.